The van der Waals surface area contributed by atoms with Crippen molar-refractivity contribution < 1.29 is 0 Å². The second kappa shape index (κ2) is 10.1. The van der Waals surface area contributed by atoms with Crippen molar-refractivity contribution in [1.29, 1.82) is 0 Å². The van der Waals surface area contributed by atoms with Crippen LogP contribution in [0.4, 0.5) is 0 Å². The van der Waals surface area contributed by atoms with Crippen molar-refractivity contribution in [3.63, 3.8) is 0 Å². The molecular weight excluding hydrogens is 463 g/mol. The molecule has 0 unspecified atom stereocenters. The van der Waals surface area contributed by atoms with Gasteiger partial charge in [-0.15, -0.1) is 34.2 Å². The van der Waals surface area contributed by atoms with Gasteiger partial charge in [-0.25, -0.2) is 0 Å². The maximum Gasteiger partial charge on any atom is 0.191 e. The summed E-state index contributed by atoms with van der Waals surface area (Å²) in [4.78, 5) is 4.23. The molecule has 6 nitrogen and oxygen atoms in total. The van der Waals surface area contributed by atoms with E-state index in [0.29, 0.717) is 19.0 Å². The van der Waals surface area contributed by atoms with Crippen LogP contribution in [-0.2, 0) is 13.1 Å². The number of nitrogens with one attached hydrogen (secondary N) is 2. The van der Waals surface area contributed by atoms with Crippen molar-refractivity contribution in [2.45, 2.75) is 13.1 Å². The molecule has 2 N–H and O–H groups in total. The van der Waals surface area contributed by atoms with Gasteiger partial charge in [0.25, 0.3) is 0 Å². The second-order valence-electron chi connectivity index (χ2n) is 5.36. The fourth-order valence-corrected chi connectivity index (χ4v) is 2.61. The van der Waals surface area contributed by atoms with Crippen molar-refractivity contribution in [2.24, 2.45) is 4.99 Å². The minimum absolute atomic E-state index is 0. The number of aliphatic imine (C=N–C) groups is 1. The third-order valence-electron chi connectivity index (χ3n) is 3.64. The molecule has 2 aromatic carbocycles. The highest BCUT2D eigenvalue weighted by Crippen LogP contribution is 2.10. The molecule has 0 aliphatic heterocycles. The summed E-state index contributed by atoms with van der Waals surface area (Å²) in [5.74, 6) is 1.49. The van der Waals surface area contributed by atoms with E-state index < -0.39 is 0 Å². The van der Waals surface area contributed by atoms with Crippen molar-refractivity contribution in [3.8, 4) is 5.69 Å². The lowest BCUT2D eigenvalue weighted by Gasteiger charge is -2.12. The quantitative estimate of drug-likeness (QED) is 0.332. The Labute approximate surface area is 174 Å². The first kappa shape index (κ1) is 20.2. The first-order chi connectivity index (χ1) is 12.3. The van der Waals surface area contributed by atoms with Gasteiger partial charge >= 0.3 is 0 Å². The Morgan fingerprint density at radius 3 is 2.58 bits per heavy atom. The molecule has 0 aliphatic carbocycles. The molecule has 0 spiro atoms. The lowest BCUT2D eigenvalue weighted by Crippen LogP contribution is -2.36. The molecule has 8 heteroatoms. The largest absolute Gasteiger partial charge is 0.352 e. The Kier molecular flexibility index (Phi) is 7.86. The van der Waals surface area contributed by atoms with Crippen LogP contribution in [0.2, 0.25) is 5.02 Å². The first-order valence-corrected chi connectivity index (χ1v) is 8.27. The molecule has 0 atom stereocenters. The molecule has 0 amide bonds. The standard InChI is InChI=1S/C18H19ClN6.HI/c1-20-18(21-11-14-6-5-7-15(19)10-14)22-12-17-24-23-13-25(17)16-8-3-2-4-9-16;/h2-10,13H,11-12H2,1H3,(H2,20,21,22);1H. The average Bonchev–Trinajstić information content (AvgIpc) is 3.11. The third kappa shape index (κ3) is 5.43. The van der Waals surface area contributed by atoms with E-state index in [9.17, 15) is 0 Å². The van der Waals surface area contributed by atoms with Gasteiger partial charge < -0.3 is 10.6 Å². The normalized spacial score (nSPS) is 10.9. The molecule has 26 heavy (non-hydrogen) atoms. The summed E-state index contributed by atoms with van der Waals surface area (Å²) in [5, 5.41) is 15.4. The fourth-order valence-electron chi connectivity index (χ4n) is 2.40. The van der Waals surface area contributed by atoms with Crippen LogP contribution in [0.1, 0.15) is 11.4 Å². The van der Waals surface area contributed by atoms with Crippen molar-refractivity contribution in [2.75, 3.05) is 7.05 Å². The average molecular weight is 483 g/mol. The summed E-state index contributed by atoms with van der Waals surface area (Å²) >= 11 is 6.01. The van der Waals surface area contributed by atoms with Crippen LogP contribution in [-0.4, -0.2) is 27.8 Å². The highest BCUT2D eigenvalue weighted by Gasteiger charge is 2.07. The van der Waals surface area contributed by atoms with Crippen LogP contribution >= 0.6 is 35.6 Å². The Morgan fingerprint density at radius 1 is 1.08 bits per heavy atom. The molecule has 0 aliphatic rings. The lowest BCUT2D eigenvalue weighted by molar-refractivity contribution is 0.754. The van der Waals surface area contributed by atoms with Crippen LogP contribution in [0.5, 0.6) is 0 Å². The number of rotatable bonds is 5. The topological polar surface area (TPSA) is 67.1 Å². The van der Waals surface area contributed by atoms with E-state index in [4.69, 9.17) is 11.6 Å². The third-order valence-corrected chi connectivity index (χ3v) is 3.87. The molecule has 3 rings (SSSR count). The zero-order valence-electron chi connectivity index (χ0n) is 14.3. The Bertz CT molecular complexity index is 850. The van der Waals surface area contributed by atoms with Gasteiger partial charge in [0.1, 0.15) is 6.33 Å². The molecular formula is C18H20ClIN6. The van der Waals surface area contributed by atoms with E-state index in [1.807, 2.05) is 59.2 Å². The van der Waals surface area contributed by atoms with E-state index in [1.54, 1.807) is 13.4 Å². The van der Waals surface area contributed by atoms with Crippen LogP contribution in [0.25, 0.3) is 5.69 Å². The van der Waals surface area contributed by atoms with Gasteiger partial charge in [0, 0.05) is 24.3 Å². The van der Waals surface area contributed by atoms with E-state index in [-0.39, 0.29) is 24.0 Å². The van der Waals surface area contributed by atoms with Gasteiger partial charge in [0.15, 0.2) is 11.8 Å². The maximum atomic E-state index is 6.01. The molecule has 0 fully saturated rings. The molecule has 1 heterocycles. The fraction of sp³-hybridized carbons (Fsp3) is 0.167. The monoisotopic (exact) mass is 482 g/mol. The molecule has 1 aromatic heterocycles. The number of benzene rings is 2. The SMILES string of the molecule is CN=C(NCc1cccc(Cl)c1)NCc1nncn1-c1ccccc1.I. The number of hydrogen-bond acceptors (Lipinski definition) is 3. The number of aromatic nitrogens is 3. The number of hydrogen-bond donors (Lipinski definition) is 2. The van der Waals surface area contributed by atoms with E-state index in [0.717, 1.165) is 22.1 Å². The summed E-state index contributed by atoms with van der Waals surface area (Å²) < 4.78 is 1.94. The van der Waals surface area contributed by atoms with Gasteiger partial charge in [-0.05, 0) is 29.8 Å². The number of guanidine groups is 1. The zero-order valence-corrected chi connectivity index (χ0v) is 17.3. The second-order valence-corrected chi connectivity index (χ2v) is 5.80. The highest BCUT2D eigenvalue weighted by molar-refractivity contribution is 14.0. The Balaban J connectivity index is 0.00000243. The smallest absolute Gasteiger partial charge is 0.191 e. The predicted molar refractivity (Wildman–Crippen MR) is 115 cm³/mol. The van der Waals surface area contributed by atoms with Gasteiger partial charge in [-0.3, -0.25) is 9.56 Å². The summed E-state index contributed by atoms with van der Waals surface area (Å²) in [5.41, 5.74) is 2.11. The van der Waals surface area contributed by atoms with Crippen LogP contribution < -0.4 is 10.6 Å². The summed E-state index contributed by atoms with van der Waals surface area (Å²) in [6.45, 7) is 1.13. The Hall–Kier alpha value is -2.13. The van der Waals surface area contributed by atoms with Crippen LogP contribution in [0.3, 0.4) is 0 Å². The molecule has 0 bridgehead atoms. The highest BCUT2D eigenvalue weighted by atomic mass is 127. The van der Waals surface area contributed by atoms with Crippen LogP contribution in [0.15, 0.2) is 65.9 Å². The van der Waals surface area contributed by atoms with Crippen LogP contribution in [0, 0.1) is 0 Å². The minimum atomic E-state index is 0. The van der Waals surface area contributed by atoms with Gasteiger partial charge in [0.05, 0.1) is 6.54 Å². The predicted octanol–water partition coefficient (Wildman–Crippen LogP) is 3.40. The minimum Gasteiger partial charge on any atom is -0.352 e. The molecule has 0 saturated heterocycles. The lowest BCUT2D eigenvalue weighted by atomic mass is 10.2. The summed E-state index contributed by atoms with van der Waals surface area (Å²) in [6, 6.07) is 17.7. The molecule has 0 radical (unpaired) electrons. The van der Waals surface area contributed by atoms with E-state index >= 15 is 0 Å². The zero-order chi connectivity index (χ0) is 17.5. The number of nitrogens with zero attached hydrogens (tertiary/aromatic N) is 4. The van der Waals surface area contributed by atoms with E-state index in [2.05, 4.69) is 25.8 Å². The number of para-hydroxylation sites is 1. The molecule has 136 valence electrons. The number of halogens is 2. The van der Waals surface area contributed by atoms with Gasteiger partial charge in [0.2, 0.25) is 0 Å². The first-order valence-electron chi connectivity index (χ1n) is 7.89. The van der Waals surface area contributed by atoms with Crippen molar-refractivity contribution in [1.82, 2.24) is 25.4 Å². The van der Waals surface area contributed by atoms with Crippen molar-refractivity contribution in [3.05, 3.63) is 77.3 Å². The molecule has 3 aromatic rings. The maximum absolute atomic E-state index is 6.01. The Morgan fingerprint density at radius 2 is 1.85 bits per heavy atom. The van der Waals surface area contributed by atoms with Crippen molar-refractivity contribution >= 4 is 41.5 Å². The van der Waals surface area contributed by atoms with Gasteiger partial charge in [-0.2, -0.15) is 0 Å². The summed E-state index contributed by atoms with van der Waals surface area (Å²) in [7, 11) is 1.73. The molecule has 0 saturated carbocycles. The van der Waals surface area contributed by atoms with E-state index in [1.165, 1.54) is 0 Å². The summed E-state index contributed by atoms with van der Waals surface area (Å²) in [6.07, 6.45) is 1.70. The van der Waals surface area contributed by atoms with Gasteiger partial charge in [-0.1, -0.05) is 41.9 Å².